The van der Waals surface area contributed by atoms with Gasteiger partial charge in [-0.15, -0.1) is 0 Å². The van der Waals surface area contributed by atoms with Crippen LogP contribution >= 0.6 is 0 Å². The number of ether oxygens (including phenoxy) is 1. The molecule has 1 aromatic carbocycles. The second-order valence-electron chi connectivity index (χ2n) is 5.44. The number of piperidine rings is 1. The molecular weight excluding hydrogens is 267 g/mol. The predicted octanol–water partition coefficient (Wildman–Crippen LogP) is 3.49. The van der Waals surface area contributed by atoms with Crippen molar-refractivity contribution >= 4 is 0 Å². The largest absolute Gasteiger partial charge is 0.493 e. The Morgan fingerprint density at radius 2 is 1.95 bits per heavy atom. The lowest BCUT2D eigenvalue weighted by molar-refractivity contribution is 0.0169. The fourth-order valence-electron chi connectivity index (χ4n) is 2.68. The Hall–Kier alpha value is -1.23. The molecule has 1 N–H and O–H groups in total. The summed E-state index contributed by atoms with van der Waals surface area (Å²) < 4.78 is 45.8. The van der Waals surface area contributed by atoms with E-state index >= 15 is 0 Å². The summed E-state index contributed by atoms with van der Waals surface area (Å²) in [5, 5.41) is 3.25. The molecule has 0 aromatic heterocycles. The molecule has 112 valence electrons. The Balaban J connectivity index is 2.30. The molecule has 20 heavy (non-hydrogen) atoms. The molecule has 0 bridgehead atoms. The Bertz CT molecular complexity index is 465. The summed E-state index contributed by atoms with van der Waals surface area (Å²) in [7, 11) is 1.37. The molecular formula is C15H20F3NO. The van der Waals surface area contributed by atoms with Crippen LogP contribution in [0, 0.1) is 11.7 Å². The van der Waals surface area contributed by atoms with E-state index in [2.05, 4.69) is 5.32 Å². The molecule has 1 aliphatic rings. The molecule has 5 heteroatoms. The van der Waals surface area contributed by atoms with Crippen LogP contribution < -0.4 is 10.1 Å². The van der Waals surface area contributed by atoms with E-state index in [-0.39, 0.29) is 11.3 Å². The smallest absolute Gasteiger partial charge is 0.270 e. The van der Waals surface area contributed by atoms with Crippen LogP contribution in [0.3, 0.4) is 0 Å². The van der Waals surface area contributed by atoms with Gasteiger partial charge in [-0.2, -0.15) is 0 Å². The Labute approximate surface area is 117 Å². The summed E-state index contributed by atoms with van der Waals surface area (Å²) in [6.45, 7) is 2.61. The molecule has 0 spiro atoms. The van der Waals surface area contributed by atoms with Gasteiger partial charge in [-0.3, -0.25) is 0 Å². The third-order valence-electron chi connectivity index (χ3n) is 3.80. The third-order valence-corrected chi connectivity index (χ3v) is 3.80. The second kappa shape index (κ2) is 6.04. The van der Waals surface area contributed by atoms with Crippen molar-refractivity contribution in [2.75, 3.05) is 20.2 Å². The van der Waals surface area contributed by atoms with Gasteiger partial charge in [0.25, 0.3) is 5.92 Å². The highest BCUT2D eigenvalue weighted by Crippen LogP contribution is 2.35. The van der Waals surface area contributed by atoms with Gasteiger partial charge in [-0.1, -0.05) is 0 Å². The molecule has 0 aliphatic carbocycles. The van der Waals surface area contributed by atoms with Crippen molar-refractivity contribution in [3.8, 4) is 5.75 Å². The van der Waals surface area contributed by atoms with E-state index in [9.17, 15) is 13.2 Å². The lowest BCUT2D eigenvalue weighted by atomic mass is 9.89. The van der Waals surface area contributed by atoms with Gasteiger partial charge in [-0.05, 0) is 56.0 Å². The maximum Gasteiger partial charge on any atom is 0.270 e. The first-order valence-corrected chi connectivity index (χ1v) is 6.87. The summed E-state index contributed by atoms with van der Waals surface area (Å²) in [5.41, 5.74) is 0.246. The number of rotatable bonds is 4. The van der Waals surface area contributed by atoms with Crippen molar-refractivity contribution < 1.29 is 17.9 Å². The maximum atomic E-state index is 13.9. The van der Waals surface area contributed by atoms with Crippen LogP contribution in [0.5, 0.6) is 5.75 Å². The average Bonchev–Trinajstić information content (AvgIpc) is 2.38. The van der Waals surface area contributed by atoms with E-state index in [1.165, 1.54) is 13.2 Å². The van der Waals surface area contributed by atoms with Crippen LogP contribution in [-0.4, -0.2) is 20.2 Å². The van der Waals surface area contributed by atoms with E-state index < -0.39 is 11.7 Å². The summed E-state index contributed by atoms with van der Waals surface area (Å²) >= 11 is 0. The lowest BCUT2D eigenvalue weighted by Gasteiger charge is -2.24. The molecule has 0 saturated carbocycles. The fraction of sp³-hybridized carbons (Fsp3) is 0.600. The van der Waals surface area contributed by atoms with E-state index in [4.69, 9.17) is 4.74 Å². The molecule has 1 fully saturated rings. The van der Waals surface area contributed by atoms with E-state index in [0.29, 0.717) is 17.9 Å². The Kier molecular flexibility index (Phi) is 4.58. The molecule has 0 unspecified atom stereocenters. The van der Waals surface area contributed by atoms with E-state index in [1.807, 2.05) is 0 Å². The summed E-state index contributed by atoms with van der Waals surface area (Å²) in [6, 6.07) is 2.24. The predicted molar refractivity (Wildman–Crippen MR) is 71.8 cm³/mol. The zero-order valence-corrected chi connectivity index (χ0v) is 11.8. The molecule has 1 aliphatic heterocycles. The monoisotopic (exact) mass is 287 g/mol. The molecule has 1 aromatic rings. The first kappa shape index (κ1) is 15.2. The van der Waals surface area contributed by atoms with Crippen LogP contribution in [0.15, 0.2) is 12.1 Å². The van der Waals surface area contributed by atoms with E-state index in [0.717, 1.165) is 38.9 Å². The first-order valence-electron chi connectivity index (χ1n) is 6.87. The zero-order chi connectivity index (χ0) is 14.8. The van der Waals surface area contributed by atoms with Crippen LogP contribution in [0.1, 0.15) is 30.9 Å². The average molecular weight is 287 g/mol. The molecule has 0 radical (unpaired) electrons. The summed E-state index contributed by atoms with van der Waals surface area (Å²) in [4.78, 5) is 0. The zero-order valence-electron chi connectivity index (χ0n) is 11.8. The van der Waals surface area contributed by atoms with E-state index in [1.54, 1.807) is 0 Å². The van der Waals surface area contributed by atoms with Crippen molar-refractivity contribution in [3.05, 3.63) is 29.1 Å². The molecule has 1 heterocycles. The second-order valence-corrected chi connectivity index (χ2v) is 5.44. The van der Waals surface area contributed by atoms with Crippen molar-refractivity contribution in [1.82, 2.24) is 5.32 Å². The quantitative estimate of drug-likeness (QED) is 0.915. The normalized spacial score (nSPS) is 17.2. The third kappa shape index (κ3) is 3.45. The van der Waals surface area contributed by atoms with Crippen molar-refractivity contribution in [2.24, 2.45) is 5.92 Å². The number of hydrogen-bond donors (Lipinski definition) is 1. The van der Waals surface area contributed by atoms with Crippen LogP contribution in [0.25, 0.3) is 0 Å². The van der Waals surface area contributed by atoms with Crippen LogP contribution in [-0.2, 0) is 12.3 Å². The SMILES string of the molecule is COc1c(F)cc(C(C)(F)F)cc1CC1CCNCC1. The standard InChI is InChI=1S/C15H20F3NO/c1-15(17,18)12-8-11(14(20-2)13(16)9-12)7-10-3-5-19-6-4-10/h8-10,19H,3-7H2,1-2H3. The van der Waals surface area contributed by atoms with Crippen LogP contribution in [0.4, 0.5) is 13.2 Å². The number of nitrogens with one attached hydrogen (secondary N) is 1. The number of benzene rings is 1. The molecule has 1 saturated heterocycles. The van der Waals surface area contributed by atoms with Crippen LogP contribution in [0.2, 0.25) is 0 Å². The van der Waals surface area contributed by atoms with Gasteiger partial charge < -0.3 is 10.1 Å². The Morgan fingerprint density at radius 3 is 2.50 bits per heavy atom. The van der Waals surface area contributed by atoms with Gasteiger partial charge in [0, 0.05) is 12.5 Å². The maximum absolute atomic E-state index is 13.9. The Morgan fingerprint density at radius 1 is 1.30 bits per heavy atom. The topological polar surface area (TPSA) is 21.3 Å². The van der Waals surface area contributed by atoms with Crippen molar-refractivity contribution in [1.29, 1.82) is 0 Å². The minimum Gasteiger partial charge on any atom is -0.493 e. The summed E-state index contributed by atoms with van der Waals surface area (Å²) in [5.74, 6) is -3.28. The molecule has 2 nitrogen and oxygen atoms in total. The highest BCUT2D eigenvalue weighted by molar-refractivity contribution is 5.40. The van der Waals surface area contributed by atoms with Gasteiger partial charge in [-0.25, -0.2) is 13.2 Å². The van der Waals surface area contributed by atoms with Gasteiger partial charge in [0.15, 0.2) is 11.6 Å². The highest BCUT2D eigenvalue weighted by atomic mass is 19.3. The number of methoxy groups -OCH3 is 1. The fourth-order valence-corrected chi connectivity index (χ4v) is 2.68. The lowest BCUT2D eigenvalue weighted by Crippen LogP contribution is -2.28. The molecule has 0 amide bonds. The van der Waals surface area contributed by atoms with Gasteiger partial charge in [0.05, 0.1) is 7.11 Å². The number of halogens is 3. The molecule has 2 rings (SSSR count). The van der Waals surface area contributed by atoms with Gasteiger partial charge >= 0.3 is 0 Å². The van der Waals surface area contributed by atoms with Crippen molar-refractivity contribution in [2.45, 2.75) is 32.1 Å². The minimum absolute atomic E-state index is 0.0940. The van der Waals surface area contributed by atoms with Crippen molar-refractivity contribution in [3.63, 3.8) is 0 Å². The minimum atomic E-state index is -3.05. The highest BCUT2D eigenvalue weighted by Gasteiger charge is 2.28. The van der Waals surface area contributed by atoms with Gasteiger partial charge in [0.2, 0.25) is 0 Å². The molecule has 0 atom stereocenters. The number of hydrogen-bond acceptors (Lipinski definition) is 2. The van der Waals surface area contributed by atoms with Gasteiger partial charge in [0.1, 0.15) is 0 Å². The summed E-state index contributed by atoms with van der Waals surface area (Å²) in [6.07, 6.45) is 2.51. The number of alkyl halides is 2. The first-order chi connectivity index (χ1) is 9.41.